The van der Waals surface area contributed by atoms with Crippen molar-refractivity contribution in [2.45, 2.75) is 4.90 Å². The monoisotopic (exact) mass is 381 g/mol. The second kappa shape index (κ2) is 5.53. The molecule has 0 spiro atoms. The molecule has 0 atom stereocenters. The molecule has 112 valence electrons. The molecule has 5 nitrogen and oxygen atoms in total. The highest BCUT2D eigenvalue weighted by Crippen LogP contribution is 2.27. The summed E-state index contributed by atoms with van der Waals surface area (Å²) in [5.41, 5.74) is 5.69. The van der Waals surface area contributed by atoms with Crippen LogP contribution in [0.3, 0.4) is 0 Å². The zero-order valence-corrected chi connectivity index (χ0v) is 12.5. The number of sulfonamides is 1. The van der Waals surface area contributed by atoms with Crippen LogP contribution in [0.4, 0.5) is 24.7 Å². The Kier molecular flexibility index (Phi) is 4.10. The first-order valence-electron chi connectivity index (χ1n) is 5.29. The van der Waals surface area contributed by atoms with E-state index in [4.69, 9.17) is 5.73 Å². The molecule has 2 aromatic rings. The number of benzene rings is 1. The summed E-state index contributed by atoms with van der Waals surface area (Å²) in [6.45, 7) is 0. The van der Waals surface area contributed by atoms with Crippen LogP contribution in [-0.4, -0.2) is 13.4 Å². The van der Waals surface area contributed by atoms with Crippen molar-refractivity contribution in [3.05, 3.63) is 46.3 Å². The second-order valence-electron chi connectivity index (χ2n) is 3.90. The summed E-state index contributed by atoms with van der Waals surface area (Å²) >= 11 is 3.00. The van der Waals surface area contributed by atoms with Gasteiger partial charge in [-0.2, -0.15) is 0 Å². The molecular weight excluding hydrogens is 375 g/mol. The topological polar surface area (TPSA) is 85.1 Å². The largest absolute Gasteiger partial charge is 0.397 e. The molecule has 0 saturated heterocycles. The Hall–Kier alpha value is -1.81. The molecular formula is C11H7BrF3N3O2S. The third-order valence-electron chi connectivity index (χ3n) is 2.33. The standard InChI is InChI=1S/C11H7BrF3N3O2S/c12-7-3-6(16)4-17-11(7)18-21(19,20)10-8(14)1-5(13)2-9(10)15/h1-4H,16H2,(H,17,18). The molecule has 0 saturated carbocycles. The van der Waals surface area contributed by atoms with Crippen LogP contribution >= 0.6 is 15.9 Å². The van der Waals surface area contributed by atoms with E-state index in [0.29, 0.717) is 0 Å². The van der Waals surface area contributed by atoms with E-state index in [1.807, 2.05) is 4.72 Å². The minimum absolute atomic E-state index is 0.175. The number of nitrogens with one attached hydrogen (secondary N) is 1. The van der Waals surface area contributed by atoms with Gasteiger partial charge < -0.3 is 5.73 Å². The Morgan fingerprint density at radius 2 is 1.71 bits per heavy atom. The fourth-order valence-electron chi connectivity index (χ4n) is 1.49. The number of nitrogen functional groups attached to an aromatic ring is 1. The van der Waals surface area contributed by atoms with Crippen molar-refractivity contribution in [3.8, 4) is 0 Å². The summed E-state index contributed by atoms with van der Waals surface area (Å²) in [5, 5.41) is 0. The van der Waals surface area contributed by atoms with Crippen molar-refractivity contribution in [2.24, 2.45) is 0 Å². The van der Waals surface area contributed by atoms with Gasteiger partial charge in [-0.3, -0.25) is 4.72 Å². The summed E-state index contributed by atoms with van der Waals surface area (Å²) in [6.07, 6.45) is 1.15. The molecule has 0 aliphatic heterocycles. The van der Waals surface area contributed by atoms with Crippen LogP contribution in [-0.2, 0) is 10.0 Å². The van der Waals surface area contributed by atoms with Crippen LogP contribution in [0.15, 0.2) is 33.8 Å². The molecule has 1 aromatic heterocycles. The average molecular weight is 382 g/mol. The Morgan fingerprint density at radius 1 is 1.14 bits per heavy atom. The molecule has 1 aromatic carbocycles. The first kappa shape index (κ1) is 15.6. The summed E-state index contributed by atoms with van der Waals surface area (Å²) in [5.74, 6) is -4.54. The third-order valence-corrected chi connectivity index (χ3v) is 4.32. The van der Waals surface area contributed by atoms with Crippen molar-refractivity contribution in [1.82, 2.24) is 4.98 Å². The van der Waals surface area contributed by atoms with Crippen LogP contribution in [0.25, 0.3) is 0 Å². The summed E-state index contributed by atoms with van der Waals surface area (Å²) in [6, 6.07) is 1.88. The van der Waals surface area contributed by atoms with Crippen molar-refractivity contribution >= 4 is 37.5 Å². The lowest BCUT2D eigenvalue weighted by molar-refractivity contribution is 0.498. The van der Waals surface area contributed by atoms with E-state index in [9.17, 15) is 21.6 Å². The van der Waals surface area contributed by atoms with Gasteiger partial charge in [-0.05, 0) is 22.0 Å². The molecule has 1 heterocycles. The molecule has 0 aliphatic rings. The second-order valence-corrected chi connectivity index (χ2v) is 6.38. The summed E-state index contributed by atoms with van der Waals surface area (Å²) < 4.78 is 65.9. The number of nitrogens with zero attached hydrogens (tertiary/aromatic N) is 1. The summed E-state index contributed by atoms with van der Waals surface area (Å²) in [4.78, 5) is 2.39. The predicted molar refractivity (Wildman–Crippen MR) is 73.5 cm³/mol. The van der Waals surface area contributed by atoms with Crippen LogP contribution in [0.1, 0.15) is 0 Å². The lowest BCUT2D eigenvalue weighted by Gasteiger charge is -2.10. The zero-order chi connectivity index (χ0) is 15.8. The van der Waals surface area contributed by atoms with E-state index < -0.39 is 32.4 Å². The van der Waals surface area contributed by atoms with E-state index in [1.54, 1.807) is 0 Å². The fourth-order valence-corrected chi connectivity index (χ4v) is 3.24. The highest BCUT2D eigenvalue weighted by Gasteiger charge is 2.26. The number of pyridine rings is 1. The molecule has 0 amide bonds. The highest BCUT2D eigenvalue weighted by molar-refractivity contribution is 9.10. The van der Waals surface area contributed by atoms with Crippen molar-refractivity contribution in [3.63, 3.8) is 0 Å². The molecule has 0 unspecified atom stereocenters. The molecule has 2 rings (SSSR count). The first-order valence-corrected chi connectivity index (χ1v) is 7.56. The minimum atomic E-state index is -4.63. The number of nitrogens with two attached hydrogens (primary N) is 1. The molecule has 0 fully saturated rings. The lowest BCUT2D eigenvalue weighted by atomic mass is 10.3. The Morgan fingerprint density at radius 3 is 2.24 bits per heavy atom. The fraction of sp³-hybridized carbons (Fsp3) is 0. The predicted octanol–water partition coefficient (Wildman–Crippen LogP) is 2.64. The number of anilines is 2. The van der Waals surface area contributed by atoms with E-state index >= 15 is 0 Å². The van der Waals surface area contributed by atoms with Gasteiger partial charge in [0.2, 0.25) is 0 Å². The van der Waals surface area contributed by atoms with Crippen LogP contribution in [0, 0.1) is 17.5 Å². The van der Waals surface area contributed by atoms with Crippen molar-refractivity contribution in [1.29, 1.82) is 0 Å². The van der Waals surface area contributed by atoms with Gasteiger partial charge in [0.1, 0.15) is 17.5 Å². The van der Waals surface area contributed by atoms with Crippen LogP contribution in [0.2, 0.25) is 0 Å². The van der Waals surface area contributed by atoms with Gasteiger partial charge in [0.25, 0.3) is 10.0 Å². The van der Waals surface area contributed by atoms with Crippen LogP contribution < -0.4 is 10.5 Å². The smallest absolute Gasteiger partial charge is 0.268 e. The molecule has 0 aliphatic carbocycles. The average Bonchev–Trinajstić information content (AvgIpc) is 2.30. The summed E-state index contributed by atoms with van der Waals surface area (Å²) in [7, 11) is -4.63. The molecule has 10 heteroatoms. The number of hydrogen-bond donors (Lipinski definition) is 2. The van der Waals surface area contributed by atoms with Gasteiger partial charge in [-0.1, -0.05) is 0 Å². The van der Waals surface area contributed by atoms with Gasteiger partial charge >= 0.3 is 0 Å². The Balaban J connectivity index is 2.48. The van der Waals surface area contributed by atoms with Gasteiger partial charge in [-0.25, -0.2) is 26.6 Å². The van der Waals surface area contributed by atoms with Crippen molar-refractivity contribution in [2.75, 3.05) is 10.5 Å². The van der Waals surface area contributed by atoms with Gasteiger partial charge in [0.15, 0.2) is 10.7 Å². The Bertz CT molecular complexity index is 791. The first-order chi connectivity index (χ1) is 9.70. The zero-order valence-electron chi connectivity index (χ0n) is 10.1. The molecule has 3 N–H and O–H groups in total. The van der Waals surface area contributed by atoms with Gasteiger partial charge in [0, 0.05) is 12.1 Å². The van der Waals surface area contributed by atoms with E-state index in [-0.39, 0.29) is 28.1 Å². The van der Waals surface area contributed by atoms with Gasteiger partial charge in [0.05, 0.1) is 16.4 Å². The maximum atomic E-state index is 13.5. The number of halogens is 4. The molecule has 21 heavy (non-hydrogen) atoms. The normalized spacial score (nSPS) is 11.4. The Labute approximate surface area is 126 Å². The maximum Gasteiger partial charge on any atom is 0.268 e. The molecule has 0 radical (unpaired) electrons. The highest BCUT2D eigenvalue weighted by atomic mass is 79.9. The van der Waals surface area contributed by atoms with E-state index in [1.165, 1.54) is 6.07 Å². The maximum absolute atomic E-state index is 13.5. The number of hydrogen-bond acceptors (Lipinski definition) is 4. The third kappa shape index (κ3) is 3.27. The van der Waals surface area contributed by atoms with E-state index in [2.05, 4.69) is 20.9 Å². The minimum Gasteiger partial charge on any atom is -0.397 e. The SMILES string of the molecule is Nc1cnc(NS(=O)(=O)c2c(F)cc(F)cc2F)c(Br)c1. The molecule has 0 bridgehead atoms. The quantitative estimate of drug-likeness (QED) is 0.855. The van der Waals surface area contributed by atoms with Gasteiger partial charge in [-0.15, -0.1) is 0 Å². The number of rotatable bonds is 3. The van der Waals surface area contributed by atoms with E-state index in [0.717, 1.165) is 6.20 Å². The van der Waals surface area contributed by atoms with Crippen molar-refractivity contribution < 1.29 is 21.6 Å². The van der Waals surface area contributed by atoms with Crippen LogP contribution in [0.5, 0.6) is 0 Å². The number of aromatic nitrogens is 1. The lowest BCUT2D eigenvalue weighted by Crippen LogP contribution is -2.18.